The molecule has 144 valence electrons. The van der Waals surface area contributed by atoms with Crippen LogP contribution in [0.3, 0.4) is 0 Å². The van der Waals surface area contributed by atoms with Crippen molar-refractivity contribution in [3.05, 3.63) is 42.0 Å². The van der Waals surface area contributed by atoms with E-state index in [0.717, 1.165) is 43.0 Å². The number of nitrogens with zero attached hydrogens (tertiary/aromatic N) is 8. The van der Waals surface area contributed by atoms with Crippen LogP contribution in [0.5, 0.6) is 0 Å². The number of hydrogen-bond donors (Lipinski definition) is 0. The van der Waals surface area contributed by atoms with Gasteiger partial charge in [0.05, 0.1) is 5.92 Å². The second kappa shape index (κ2) is 7.14. The van der Waals surface area contributed by atoms with E-state index in [9.17, 15) is 4.79 Å². The maximum absolute atomic E-state index is 13.3. The maximum Gasteiger partial charge on any atom is 0.233 e. The van der Waals surface area contributed by atoms with Gasteiger partial charge in [0.25, 0.3) is 0 Å². The maximum atomic E-state index is 13.3. The molecule has 28 heavy (non-hydrogen) atoms. The first-order valence-corrected chi connectivity index (χ1v) is 9.83. The number of hydrogen-bond acceptors (Lipinski definition) is 6. The summed E-state index contributed by atoms with van der Waals surface area (Å²) in [4.78, 5) is 15.3. The summed E-state index contributed by atoms with van der Waals surface area (Å²) >= 11 is 0. The molecule has 0 aliphatic carbocycles. The highest BCUT2D eigenvalue weighted by Crippen LogP contribution is 2.27. The summed E-state index contributed by atoms with van der Waals surface area (Å²) < 4.78 is 3.93. The van der Waals surface area contributed by atoms with Crippen LogP contribution in [0.15, 0.2) is 30.3 Å². The van der Waals surface area contributed by atoms with Gasteiger partial charge in [-0.05, 0) is 23.3 Å². The number of carbonyl (C=O) groups is 1. The second-order valence-corrected chi connectivity index (χ2v) is 7.34. The number of aromatic nitrogens is 7. The molecule has 2 aromatic heterocycles. The summed E-state index contributed by atoms with van der Waals surface area (Å²) in [5.41, 5.74) is 1.05. The van der Waals surface area contributed by atoms with Gasteiger partial charge in [0, 0.05) is 38.2 Å². The smallest absolute Gasteiger partial charge is 0.233 e. The Bertz CT molecular complexity index is 979. The number of rotatable bonds is 2. The zero-order valence-corrected chi connectivity index (χ0v) is 15.6. The molecule has 0 bridgehead atoms. The first-order valence-electron chi connectivity index (χ1n) is 9.83. The Morgan fingerprint density at radius 1 is 0.964 bits per heavy atom. The highest BCUT2D eigenvalue weighted by molar-refractivity contribution is 5.83. The predicted molar refractivity (Wildman–Crippen MR) is 100 cm³/mol. The molecule has 0 saturated heterocycles. The zero-order chi connectivity index (χ0) is 18.9. The van der Waals surface area contributed by atoms with Crippen molar-refractivity contribution in [3.63, 3.8) is 0 Å². The normalized spacial score (nSPS) is 19.4. The van der Waals surface area contributed by atoms with Gasteiger partial charge in [0.15, 0.2) is 11.6 Å². The summed E-state index contributed by atoms with van der Waals surface area (Å²) in [6, 6.07) is 10.1. The SMILES string of the molecule is O=C(C1CCCCn2nnnc21)N1CCc2nnc(-c3ccccc3)n2CC1. The van der Waals surface area contributed by atoms with Crippen molar-refractivity contribution in [2.45, 2.75) is 44.7 Å². The molecule has 3 aromatic rings. The predicted octanol–water partition coefficient (Wildman–Crippen LogP) is 1.28. The van der Waals surface area contributed by atoms with Crippen LogP contribution >= 0.6 is 0 Å². The number of aryl methyl sites for hydroxylation is 1. The summed E-state index contributed by atoms with van der Waals surface area (Å²) in [7, 11) is 0. The van der Waals surface area contributed by atoms with Crippen LogP contribution in [0.1, 0.15) is 36.8 Å². The minimum Gasteiger partial charge on any atom is -0.340 e. The van der Waals surface area contributed by atoms with Gasteiger partial charge in [0.2, 0.25) is 5.91 Å². The number of carbonyl (C=O) groups excluding carboxylic acids is 1. The van der Waals surface area contributed by atoms with E-state index < -0.39 is 0 Å². The van der Waals surface area contributed by atoms with Crippen molar-refractivity contribution in [2.75, 3.05) is 13.1 Å². The first-order chi connectivity index (χ1) is 13.8. The highest BCUT2D eigenvalue weighted by atomic mass is 16.2. The van der Waals surface area contributed by atoms with E-state index in [4.69, 9.17) is 0 Å². The Hall–Kier alpha value is -3.10. The fourth-order valence-corrected chi connectivity index (χ4v) is 4.16. The van der Waals surface area contributed by atoms with Crippen molar-refractivity contribution in [3.8, 4) is 11.4 Å². The van der Waals surface area contributed by atoms with Gasteiger partial charge in [0.1, 0.15) is 5.82 Å². The van der Waals surface area contributed by atoms with Crippen molar-refractivity contribution in [1.82, 2.24) is 39.9 Å². The number of tetrazole rings is 1. The Kier molecular flexibility index (Phi) is 4.34. The van der Waals surface area contributed by atoms with Crippen LogP contribution in [0.25, 0.3) is 11.4 Å². The average molecular weight is 378 g/mol. The van der Waals surface area contributed by atoms with Crippen LogP contribution in [0.4, 0.5) is 0 Å². The molecule has 0 saturated carbocycles. The number of benzene rings is 1. The lowest BCUT2D eigenvalue weighted by molar-refractivity contribution is -0.133. The van der Waals surface area contributed by atoms with E-state index in [1.165, 1.54) is 0 Å². The Labute approximate surface area is 162 Å². The van der Waals surface area contributed by atoms with Gasteiger partial charge in [-0.25, -0.2) is 4.68 Å². The minimum atomic E-state index is -0.255. The molecule has 1 atom stereocenters. The molecule has 1 amide bonds. The van der Waals surface area contributed by atoms with E-state index in [2.05, 4.69) is 30.3 Å². The van der Waals surface area contributed by atoms with E-state index in [0.29, 0.717) is 31.9 Å². The first kappa shape index (κ1) is 17.0. The number of amides is 1. The van der Waals surface area contributed by atoms with E-state index in [1.807, 2.05) is 35.2 Å². The lowest BCUT2D eigenvalue weighted by atomic mass is 10.0. The van der Waals surface area contributed by atoms with Crippen molar-refractivity contribution in [1.29, 1.82) is 0 Å². The number of fused-ring (bicyclic) bond motifs is 2. The molecule has 9 heteroatoms. The lowest BCUT2D eigenvalue weighted by Gasteiger charge is -2.24. The molecular formula is C19H22N8O. The molecule has 0 spiro atoms. The fraction of sp³-hybridized carbons (Fsp3) is 0.474. The third kappa shape index (κ3) is 2.96. The van der Waals surface area contributed by atoms with Crippen LogP contribution in [-0.4, -0.2) is 58.9 Å². The van der Waals surface area contributed by atoms with E-state index in [1.54, 1.807) is 4.68 Å². The Morgan fingerprint density at radius 3 is 2.75 bits per heavy atom. The van der Waals surface area contributed by atoms with Gasteiger partial charge >= 0.3 is 0 Å². The van der Waals surface area contributed by atoms with Crippen molar-refractivity contribution >= 4 is 5.91 Å². The van der Waals surface area contributed by atoms with E-state index in [-0.39, 0.29) is 11.8 Å². The molecule has 4 heterocycles. The van der Waals surface area contributed by atoms with Crippen molar-refractivity contribution in [2.24, 2.45) is 0 Å². The highest BCUT2D eigenvalue weighted by Gasteiger charge is 2.33. The quantitative estimate of drug-likeness (QED) is 0.667. The molecular weight excluding hydrogens is 356 g/mol. The molecule has 0 radical (unpaired) electrons. The third-order valence-corrected chi connectivity index (χ3v) is 5.65. The summed E-state index contributed by atoms with van der Waals surface area (Å²) in [6.07, 6.45) is 3.50. The largest absolute Gasteiger partial charge is 0.340 e. The Balaban J connectivity index is 1.37. The molecule has 0 N–H and O–H groups in total. The monoisotopic (exact) mass is 378 g/mol. The van der Waals surface area contributed by atoms with Crippen LogP contribution < -0.4 is 0 Å². The molecule has 1 aromatic carbocycles. The van der Waals surface area contributed by atoms with Gasteiger partial charge in [-0.3, -0.25) is 4.79 Å². The molecule has 0 fully saturated rings. The zero-order valence-electron chi connectivity index (χ0n) is 15.6. The van der Waals surface area contributed by atoms with Gasteiger partial charge in [-0.15, -0.1) is 15.3 Å². The lowest BCUT2D eigenvalue weighted by Crippen LogP contribution is -2.38. The summed E-state index contributed by atoms with van der Waals surface area (Å²) in [5.74, 6) is 2.37. The van der Waals surface area contributed by atoms with Gasteiger partial charge in [-0.2, -0.15) is 0 Å². The van der Waals surface area contributed by atoms with Crippen LogP contribution in [0, 0.1) is 0 Å². The molecule has 1 unspecified atom stereocenters. The average Bonchev–Trinajstić information content (AvgIpc) is 3.24. The summed E-state index contributed by atoms with van der Waals surface area (Å²) in [5, 5.41) is 20.7. The third-order valence-electron chi connectivity index (χ3n) is 5.65. The standard InChI is InChI=1S/C19H22N8O/c28-19(15-8-4-5-10-27-18(15)22-23-24-27)25-11-9-16-20-21-17(26(16)13-12-25)14-6-2-1-3-7-14/h1-3,6-7,15H,4-5,8-13H2. The topological polar surface area (TPSA) is 94.6 Å². The van der Waals surface area contributed by atoms with Gasteiger partial charge in [-0.1, -0.05) is 36.8 Å². The summed E-state index contributed by atoms with van der Waals surface area (Å²) in [6.45, 7) is 2.76. The van der Waals surface area contributed by atoms with Gasteiger partial charge < -0.3 is 9.47 Å². The second-order valence-electron chi connectivity index (χ2n) is 7.34. The van der Waals surface area contributed by atoms with Crippen LogP contribution in [0.2, 0.25) is 0 Å². The van der Waals surface area contributed by atoms with Crippen LogP contribution in [-0.2, 0) is 24.3 Å². The molecule has 9 nitrogen and oxygen atoms in total. The minimum absolute atomic E-state index is 0.123. The molecule has 2 aliphatic heterocycles. The van der Waals surface area contributed by atoms with E-state index >= 15 is 0 Å². The fourth-order valence-electron chi connectivity index (χ4n) is 4.16. The molecule has 5 rings (SSSR count). The molecule has 2 aliphatic rings. The van der Waals surface area contributed by atoms with Crippen molar-refractivity contribution < 1.29 is 4.79 Å². The Morgan fingerprint density at radius 2 is 1.86 bits per heavy atom.